The number of esters is 1. The normalized spacial score (nSPS) is 21.0. The summed E-state index contributed by atoms with van der Waals surface area (Å²) in [7, 11) is 1.37. The lowest BCUT2D eigenvalue weighted by molar-refractivity contribution is -0.152. The molecule has 34 heavy (non-hydrogen) atoms. The number of carbonyl (C=O) groups is 3. The molecular formula is C28H36N2O4. The lowest BCUT2D eigenvalue weighted by atomic mass is 9.94. The van der Waals surface area contributed by atoms with Gasteiger partial charge in [-0.05, 0) is 55.6 Å². The number of aromatic amines is 1. The van der Waals surface area contributed by atoms with Crippen molar-refractivity contribution in [2.24, 2.45) is 17.8 Å². The number of allylic oxidation sites excluding steroid dienone is 3. The molecule has 0 radical (unpaired) electrons. The first-order valence-electron chi connectivity index (χ1n) is 12.0. The summed E-state index contributed by atoms with van der Waals surface area (Å²) in [5.74, 6) is 0.487. The largest absolute Gasteiger partial charge is 0.467 e. The predicted molar refractivity (Wildman–Crippen MR) is 134 cm³/mol. The van der Waals surface area contributed by atoms with Crippen LogP contribution in [-0.4, -0.2) is 47.2 Å². The first-order valence-corrected chi connectivity index (χ1v) is 12.0. The summed E-state index contributed by atoms with van der Waals surface area (Å²) >= 11 is 0. The quantitative estimate of drug-likeness (QED) is 0.381. The van der Waals surface area contributed by atoms with Gasteiger partial charge < -0.3 is 19.4 Å². The van der Waals surface area contributed by atoms with Gasteiger partial charge in [0, 0.05) is 43.4 Å². The van der Waals surface area contributed by atoms with Crippen LogP contribution in [0.4, 0.5) is 0 Å². The van der Waals surface area contributed by atoms with Gasteiger partial charge in [0.2, 0.25) is 5.91 Å². The highest BCUT2D eigenvalue weighted by molar-refractivity contribution is 5.86. The number of hydrogen-bond acceptors (Lipinski definition) is 4. The van der Waals surface area contributed by atoms with Crippen LogP contribution in [-0.2, 0) is 25.5 Å². The minimum Gasteiger partial charge on any atom is -0.467 e. The molecule has 0 bridgehead atoms. The number of carbonyl (C=O) groups excluding carboxylic acids is 3. The Kier molecular flexibility index (Phi) is 8.85. The van der Waals surface area contributed by atoms with Crippen molar-refractivity contribution in [1.82, 2.24) is 9.88 Å². The molecule has 4 atom stereocenters. The minimum atomic E-state index is -0.697. The van der Waals surface area contributed by atoms with Gasteiger partial charge in [0.1, 0.15) is 11.8 Å². The Bertz CT molecular complexity index is 1050. The summed E-state index contributed by atoms with van der Waals surface area (Å²) < 4.78 is 5.13. The van der Waals surface area contributed by atoms with E-state index in [0.29, 0.717) is 25.3 Å². The summed E-state index contributed by atoms with van der Waals surface area (Å²) in [4.78, 5) is 41.7. The smallest absolute Gasteiger partial charge is 0.328 e. The van der Waals surface area contributed by atoms with E-state index in [9.17, 15) is 14.4 Å². The number of hydrogen-bond donors (Lipinski definition) is 1. The third kappa shape index (κ3) is 6.25. The Hall–Kier alpha value is -3.15. The Morgan fingerprint density at radius 3 is 2.68 bits per heavy atom. The van der Waals surface area contributed by atoms with Crippen molar-refractivity contribution in [2.45, 2.75) is 52.0 Å². The number of para-hydroxylation sites is 1. The van der Waals surface area contributed by atoms with E-state index in [2.05, 4.69) is 23.7 Å². The molecule has 1 N–H and O–H groups in total. The number of benzene rings is 1. The minimum absolute atomic E-state index is 0.140. The average molecular weight is 465 g/mol. The fraction of sp³-hybridized carbons (Fsp3) is 0.464. The monoisotopic (exact) mass is 464 g/mol. The number of nitrogens with one attached hydrogen (secondary N) is 1. The van der Waals surface area contributed by atoms with E-state index < -0.39 is 12.0 Å². The molecule has 2 unspecified atom stereocenters. The Balaban J connectivity index is 1.77. The van der Waals surface area contributed by atoms with Gasteiger partial charge in [-0.3, -0.25) is 4.79 Å². The number of Topliss-reactive ketones (excluding diaryl/α,β-unsaturated/α-hetero) is 1. The maximum absolute atomic E-state index is 12.9. The van der Waals surface area contributed by atoms with E-state index in [-0.39, 0.29) is 23.5 Å². The van der Waals surface area contributed by atoms with Crippen molar-refractivity contribution in [2.75, 3.05) is 13.7 Å². The van der Waals surface area contributed by atoms with Crippen molar-refractivity contribution in [1.29, 1.82) is 0 Å². The van der Waals surface area contributed by atoms with Crippen molar-refractivity contribution >= 4 is 28.6 Å². The molecule has 1 heterocycles. The van der Waals surface area contributed by atoms with Crippen LogP contribution in [0.25, 0.3) is 10.9 Å². The lowest BCUT2D eigenvalue weighted by Gasteiger charge is -2.32. The Morgan fingerprint density at radius 2 is 2.00 bits per heavy atom. The molecule has 6 nitrogen and oxygen atoms in total. The number of fused-ring (bicyclic) bond motifs is 1. The van der Waals surface area contributed by atoms with Crippen molar-refractivity contribution in [3.63, 3.8) is 0 Å². The summed E-state index contributed by atoms with van der Waals surface area (Å²) in [5.41, 5.74) is 1.98. The van der Waals surface area contributed by atoms with Gasteiger partial charge in [-0.25, -0.2) is 4.79 Å². The van der Waals surface area contributed by atoms with Crippen LogP contribution in [0.1, 0.15) is 45.1 Å². The second-order valence-corrected chi connectivity index (χ2v) is 9.33. The summed E-state index contributed by atoms with van der Waals surface area (Å²) in [5, 5.41) is 1.04. The van der Waals surface area contributed by atoms with Crippen molar-refractivity contribution in [3.05, 3.63) is 60.8 Å². The molecule has 2 aromatic rings. The van der Waals surface area contributed by atoms with E-state index >= 15 is 0 Å². The molecule has 1 saturated carbocycles. The van der Waals surface area contributed by atoms with Gasteiger partial charge in [-0.15, -0.1) is 6.58 Å². The van der Waals surface area contributed by atoms with Crippen molar-refractivity contribution in [3.8, 4) is 0 Å². The van der Waals surface area contributed by atoms with Crippen LogP contribution in [0, 0.1) is 17.8 Å². The second-order valence-electron chi connectivity index (χ2n) is 9.33. The maximum atomic E-state index is 12.9. The highest BCUT2D eigenvalue weighted by atomic mass is 16.5. The summed E-state index contributed by atoms with van der Waals surface area (Å²) in [6.07, 6.45) is 11.7. The molecule has 0 spiro atoms. The first-order chi connectivity index (χ1) is 16.3. The molecular weight excluding hydrogens is 428 g/mol. The van der Waals surface area contributed by atoms with Crippen LogP contribution >= 0.6 is 0 Å². The highest BCUT2D eigenvalue weighted by Crippen LogP contribution is 2.39. The SMILES string of the molecule is C=C[C@@H]1C[C@H](/C=C/CCC(C)=O)CC1CN(C(C)=O)C(Cc1c[nH]c2ccccc12)C(=O)OC. The van der Waals surface area contributed by atoms with Gasteiger partial charge in [0.15, 0.2) is 0 Å². The van der Waals surface area contributed by atoms with Gasteiger partial charge in [0.05, 0.1) is 7.11 Å². The number of ether oxygens (including phenoxy) is 1. The van der Waals surface area contributed by atoms with Crippen LogP contribution in [0.15, 0.2) is 55.3 Å². The standard InChI is InChI=1S/C28H36N2O4/c1-5-22-14-21(11-7-6-10-19(2)31)15-24(22)18-30(20(3)32)27(28(33)34-4)16-23-17-29-26-13-9-8-12-25(23)26/h5,7-9,11-13,17,21-22,24,27,29H,1,6,10,14-16,18H2,2-4H3/b11-7+/t21-,22+,24?,27?/m0/s1. The molecule has 0 aliphatic heterocycles. The summed E-state index contributed by atoms with van der Waals surface area (Å²) in [6.45, 7) is 7.63. The molecule has 1 fully saturated rings. The number of H-pyrrole nitrogens is 1. The highest BCUT2D eigenvalue weighted by Gasteiger charge is 2.37. The molecule has 1 aliphatic carbocycles. The van der Waals surface area contributed by atoms with Gasteiger partial charge in [-0.2, -0.15) is 0 Å². The topological polar surface area (TPSA) is 79.5 Å². The molecule has 1 aromatic heterocycles. The molecule has 3 rings (SSSR count). The predicted octanol–water partition coefficient (Wildman–Crippen LogP) is 4.85. The van der Waals surface area contributed by atoms with E-state index in [4.69, 9.17) is 4.74 Å². The maximum Gasteiger partial charge on any atom is 0.328 e. The fourth-order valence-corrected chi connectivity index (χ4v) is 5.13. The van der Waals surface area contributed by atoms with E-state index in [1.807, 2.05) is 36.5 Å². The Morgan fingerprint density at radius 1 is 1.24 bits per heavy atom. The van der Waals surface area contributed by atoms with Crippen LogP contribution in [0.5, 0.6) is 0 Å². The number of nitrogens with zero attached hydrogens (tertiary/aromatic N) is 1. The molecule has 1 aromatic carbocycles. The van der Waals surface area contributed by atoms with Crippen molar-refractivity contribution < 1.29 is 19.1 Å². The second kappa shape index (κ2) is 11.8. The molecule has 1 aliphatic rings. The number of rotatable bonds is 11. The van der Waals surface area contributed by atoms with Crippen LogP contribution < -0.4 is 0 Å². The number of amides is 1. The van der Waals surface area contributed by atoms with E-state index in [0.717, 1.165) is 35.7 Å². The zero-order chi connectivity index (χ0) is 24.7. The van der Waals surface area contributed by atoms with Gasteiger partial charge in [-0.1, -0.05) is 36.4 Å². The molecule has 1 amide bonds. The third-order valence-corrected chi connectivity index (χ3v) is 6.93. The van der Waals surface area contributed by atoms with Crippen LogP contribution in [0.2, 0.25) is 0 Å². The van der Waals surface area contributed by atoms with Gasteiger partial charge in [0.25, 0.3) is 0 Å². The number of ketones is 1. The fourth-order valence-electron chi connectivity index (χ4n) is 5.13. The Labute approximate surface area is 202 Å². The summed E-state index contributed by atoms with van der Waals surface area (Å²) in [6, 6.07) is 7.24. The average Bonchev–Trinajstić information content (AvgIpc) is 3.41. The van der Waals surface area contributed by atoms with E-state index in [1.165, 1.54) is 14.0 Å². The first kappa shape index (κ1) is 25.5. The molecule has 182 valence electrons. The molecule has 6 heteroatoms. The zero-order valence-electron chi connectivity index (χ0n) is 20.5. The zero-order valence-corrected chi connectivity index (χ0v) is 20.5. The third-order valence-electron chi connectivity index (χ3n) is 6.93. The van der Waals surface area contributed by atoms with E-state index in [1.54, 1.807) is 11.8 Å². The molecule has 0 saturated heterocycles. The number of aromatic nitrogens is 1. The van der Waals surface area contributed by atoms with Gasteiger partial charge >= 0.3 is 5.97 Å². The lowest BCUT2D eigenvalue weighted by Crippen LogP contribution is -2.48. The number of methoxy groups -OCH3 is 1. The van der Waals surface area contributed by atoms with Crippen LogP contribution in [0.3, 0.4) is 0 Å².